The van der Waals surface area contributed by atoms with Gasteiger partial charge in [0.15, 0.2) is 0 Å². The molecule has 11 heavy (non-hydrogen) atoms. The van der Waals surface area contributed by atoms with Gasteiger partial charge in [0.2, 0.25) is 6.54 Å². The number of nitro groups is 1. The second-order valence-electron chi connectivity index (χ2n) is 1.96. The topological polar surface area (TPSA) is 69.4 Å². The molecule has 0 fully saturated rings. The van der Waals surface area contributed by atoms with Crippen molar-refractivity contribution < 1.29 is 14.5 Å². The molecular formula is C6H11NO4. The highest BCUT2D eigenvalue weighted by atomic mass is 16.6. The molecule has 0 aromatic rings. The van der Waals surface area contributed by atoms with E-state index in [0.717, 1.165) is 0 Å². The molecule has 0 saturated heterocycles. The lowest BCUT2D eigenvalue weighted by Gasteiger charge is -1.97. The number of rotatable bonds is 5. The van der Waals surface area contributed by atoms with Crippen molar-refractivity contribution in [1.29, 1.82) is 0 Å². The summed E-state index contributed by atoms with van der Waals surface area (Å²) in [5.74, 6) is -0.366. The highest BCUT2D eigenvalue weighted by molar-refractivity contribution is 5.69. The third kappa shape index (κ3) is 6.76. The summed E-state index contributed by atoms with van der Waals surface area (Å²) in [4.78, 5) is 19.9. The van der Waals surface area contributed by atoms with Gasteiger partial charge in [-0.3, -0.25) is 14.9 Å². The Kier molecular flexibility index (Phi) is 5.06. The first-order valence-corrected chi connectivity index (χ1v) is 3.44. The molecule has 0 amide bonds. The van der Waals surface area contributed by atoms with Crippen LogP contribution < -0.4 is 0 Å². The van der Waals surface area contributed by atoms with Crippen LogP contribution in [0.15, 0.2) is 0 Å². The second-order valence-corrected chi connectivity index (χ2v) is 1.96. The minimum absolute atomic E-state index is 0.134. The number of carbonyl (C=O) groups is 1. The van der Waals surface area contributed by atoms with Crippen LogP contribution in [0.25, 0.3) is 0 Å². The lowest BCUT2D eigenvalue weighted by atomic mass is 10.3. The van der Waals surface area contributed by atoms with E-state index in [1.54, 1.807) is 6.92 Å². The SMILES string of the molecule is CCOC(=O)CCC[N+](=O)[O-]. The van der Waals surface area contributed by atoms with Crippen LogP contribution in [0.3, 0.4) is 0 Å². The molecular weight excluding hydrogens is 150 g/mol. The zero-order valence-corrected chi connectivity index (χ0v) is 6.41. The monoisotopic (exact) mass is 161 g/mol. The van der Waals surface area contributed by atoms with E-state index < -0.39 is 4.92 Å². The summed E-state index contributed by atoms with van der Waals surface area (Å²) < 4.78 is 4.56. The summed E-state index contributed by atoms with van der Waals surface area (Å²) in [6.07, 6.45) is 0.390. The number of nitrogens with zero attached hydrogens (tertiary/aromatic N) is 1. The lowest BCUT2D eigenvalue weighted by Crippen LogP contribution is -2.07. The Hall–Kier alpha value is -1.13. The highest BCUT2D eigenvalue weighted by Crippen LogP contribution is 1.92. The quantitative estimate of drug-likeness (QED) is 0.336. The van der Waals surface area contributed by atoms with Crippen molar-refractivity contribution in [1.82, 2.24) is 0 Å². The van der Waals surface area contributed by atoms with Crippen molar-refractivity contribution in [2.24, 2.45) is 0 Å². The smallest absolute Gasteiger partial charge is 0.306 e. The first-order valence-electron chi connectivity index (χ1n) is 3.44. The predicted octanol–water partition coefficient (Wildman–Crippen LogP) is 0.606. The molecule has 0 aromatic carbocycles. The van der Waals surface area contributed by atoms with Gasteiger partial charge in [0, 0.05) is 11.3 Å². The van der Waals surface area contributed by atoms with Crippen LogP contribution in [-0.4, -0.2) is 24.0 Å². The molecule has 0 spiro atoms. The summed E-state index contributed by atoms with van der Waals surface area (Å²) in [5.41, 5.74) is 0. The Morgan fingerprint density at radius 1 is 1.64 bits per heavy atom. The van der Waals surface area contributed by atoms with E-state index in [2.05, 4.69) is 4.74 Å². The molecule has 0 saturated carbocycles. The fourth-order valence-electron chi connectivity index (χ4n) is 0.586. The largest absolute Gasteiger partial charge is 0.466 e. The summed E-state index contributed by atoms with van der Waals surface area (Å²) >= 11 is 0. The number of ether oxygens (including phenoxy) is 1. The van der Waals surface area contributed by atoms with Gasteiger partial charge in [-0.1, -0.05) is 0 Å². The Morgan fingerprint density at radius 3 is 2.73 bits per heavy atom. The molecule has 0 unspecified atom stereocenters. The minimum Gasteiger partial charge on any atom is -0.466 e. The maximum Gasteiger partial charge on any atom is 0.306 e. The molecule has 0 aromatic heterocycles. The van der Waals surface area contributed by atoms with Crippen molar-refractivity contribution in [3.63, 3.8) is 0 Å². The molecule has 0 N–H and O–H groups in total. The third-order valence-corrected chi connectivity index (χ3v) is 1.03. The van der Waals surface area contributed by atoms with Gasteiger partial charge in [0.25, 0.3) is 0 Å². The van der Waals surface area contributed by atoms with Crippen LogP contribution in [-0.2, 0) is 9.53 Å². The van der Waals surface area contributed by atoms with E-state index >= 15 is 0 Å². The fraction of sp³-hybridized carbons (Fsp3) is 0.833. The van der Waals surface area contributed by atoms with Crippen molar-refractivity contribution in [3.05, 3.63) is 10.1 Å². The van der Waals surface area contributed by atoms with E-state index in [9.17, 15) is 14.9 Å². The van der Waals surface area contributed by atoms with E-state index in [4.69, 9.17) is 0 Å². The number of hydrogen-bond donors (Lipinski definition) is 0. The normalized spacial score (nSPS) is 9.18. The number of carbonyl (C=O) groups excluding carboxylic acids is 1. The van der Waals surface area contributed by atoms with Crippen molar-refractivity contribution >= 4 is 5.97 Å². The van der Waals surface area contributed by atoms with E-state index in [-0.39, 0.29) is 25.4 Å². The average molecular weight is 161 g/mol. The van der Waals surface area contributed by atoms with Gasteiger partial charge in [-0.15, -0.1) is 0 Å². The average Bonchev–Trinajstić information content (AvgIpc) is 1.87. The van der Waals surface area contributed by atoms with Crippen LogP contribution >= 0.6 is 0 Å². The molecule has 0 heterocycles. The van der Waals surface area contributed by atoms with Crippen LogP contribution in [0.1, 0.15) is 19.8 Å². The lowest BCUT2D eigenvalue weighted by molar-refractivity contribution is -0.480. The van der Waals surface area contributed by atoms with Crippen molar-refractivity contribution in [2.75, 3.05) is 13.2 Å². The Morgan fingerprint density at radius 2 is 2.27 bits per heavy atom. The van der Waals surface area contributed by atoms with Crippen LogP contribution in [0.5, 0.6) is 0 Å². The van der Waals surface area contributed by atoms with Crippen molar-refractivity contribution in [2.45, 2.75) is 19.8 Å². The molecule has 0 bridgehead atoms. The summed E-state index contributed by atoms with van der Waals surface area (Å²) in [6, 6.07) is 0. The fourth-order valence-corrected chi connectivity index (χ4v) is 0.586. The Labute approximate surface area is 64.5 Å². The van der Waals surface area contributed by atoms with Crippen LogP contribution in [0.2, 0.25) is 0 Å². The zero-order valence-electron chi connectivity index (χ0n) is 6.41. The second kappa shape index (κ2) is 5.64. The predicted molar refractivity (Wildman–Crippen MR) is 37.7 cm³/mol. The highest BCUT2D eigenvalue weighted by Gasteiger charge is 2.03. The van der Waals surface area contributed by atoms with E-state index in [1.807, 2.05) is 0 Å². The third-order valence-electron chi connectivity index (χ3n) is 1.03. The zero-order chi connectivity index (χ0) is 8.69. The molecule has 0 atom stereocenters. The molecule has 5 heteroatoms. The van der Waals surface area contributed by atoms with Gasteiger partial charge in [-0.2, -0.15) is 0 Å². The number of hydrogen-bond acceptors (Lipinski definition) is 4. The number of esters is 1. The summed E-state index contributed by atoms with van der Waals surface area (Å²) in [7, 11) is 0. The summed E-state index contributed by atoms with van der Waals surface area (Å²) in [5, 5.41) is 9.79. The first kappa shape index (κ1) is 9.87. The first-order chi connectivity index (χ1) is 5.16. The Balaban J connectivity index is 3.24. The minimum atomic E-state index is -0.445. The van der Waals surface area contributed by atoms with Gasteiger partial charge in [0.05, 0.1) is 13.0 Å². The maximum atomic E-state index is 10.6. The van der Waals surface area contributed by atoms with Crippen molar-refractivity contribution in [3.8, 4) is 0 Å². The molecule has 0 rings (SSSR count). The van der Waals surface area contributed by atoms with E-state index in [1.165, 1.54) is 0 Å². The van der Waals surface area contributed by atoms with Gasteiger partial charge in [0.1, 0.15) is 0 Å². The Bertz CT molecular complexity index is 146. The molecule has 64 valence electrons. The molecule has 5 nitrogen and oxygen atoms in total. The van der Waals surface area contributed by atoms with Gasteiger partial charge < -0.3 is 4.74 Å². The molecule has 0 aliphatic carbocycles. The van der Waals surface area contributed by atoms with Crippen LogP contribution in [0.4, 0.5) is 0 Å². The summed E-state index contributed by atoms with van der Waals surface area (Å²) in [6.45, 7) is 1.86. The van der Waals surface area contributed by atoms with Crippen LogP contribution in [0, 0.1) is 10.1 Å². The van der Waals surface area contributed by atoms with Gasteiger partial charge >= 0.3 is 5.97 Å². The molecule has 0 radical (unpaired) electrons. The van der Waals surface area contributed by atoms with Gasteiger partial charge in [-0.25, -0.2) is 0 Å². The standard InChI is InChI=1S/C6H11NO4/c1-2-11-6(8)4-3-5-7(9)10/h2-5H2,1H3. The molecule has 0 aliphatic rings. The van der Waals surface area contributed by atoms with Gasteiger partial charge in [-0.05, 0) is 6.92 Å². The molecule has 0 aliphatic heterocycles. The maximum absolute atomic E-state index is 10.6. The van der Waals surface area contributed by atoms with E-state index in [0.29, 0.717) is 6.61 Å².